The van der Waals surface area contributed by atoms with Crippen molar-refractivity contribution in [3.05, 3.63) is 34.9 Å². The monoisotopic (exact) mass is 535 g/mol. The summed E-state index contributed by atoms with van der Waals surface area (Å²) >= 11 is 0. The van der Waals surface area contributed by atoms with Crippen molar-refractivity contribution in [3.63, 3.8) is 0 Å². The van der Waals surface area contributed by atoms with Crippen molar-refractivity contribution in [3.8, 4) is 0 Å². The van der Waals surface area contributed by atoms with Crippen molar-refractivity contribution in [2.45, 2.75) is 82.7 Å². The van der Waals surface area contributed by atoms with Gasteiger partial charge in [-0.25, -0.2) is 0 Å². The zero-order chi connectivity index (χ0) is 27.4. The van der Waals surface area contributed by atoms with Gasteiger partial charge in [-0.2, -0.15) is 26.3 Å². The van der Waals surface area contributed by atoms with Crippen LogP contribution >= 0.6 is 0 Å². The van der Waals surface area contributed by atoms with Crippen LogP contribution in [0.5, 0.6) is 0 Å². The quantitative estimate of drug-likeness (QED) is 0.445. The maximum Gasteiger partial charge on any atom is 0.416 e. The third-order valence-electron chi connectivity index (χ3n) is 7.67. The number of rotatable bonds is 7. The number of alkyl halides is 6. The number of benzene rings is 1. The van der Waals surface area contributed by atoms with Crippen molar-refractivity contribution in [1.82, 2.24) is 15.5 Å². The standard InChI is InChI=1S/C26H35F6N3O2/c1-16-3-9-22(10-4-16)35(2)23(36)15-33-14-17-5-7-21(8-6-17)34-24(37)18-11-19(25(27,28)29)13-20(12-18)26(30,31)32/h11-13,16-17,21-22,33H,3-10,14-15H2,1-2H3,(H,34,37)/t16?,17-,21-,22?. The average molecular weight is 536 g/mol. The molecule has 2 N–H and O–H groups in total. The molecule has 0 unspecified atom stereocenters. The Labute approximate surface area is 213 Å². The van der Waals surface area contributed by atoms with Crippen molar-refractivity contribution in [1.29, 1.82) is 0 Å². The van der Waals surface area contributed by atoms with Gasteiger partial charge in [0.25, 0.3) is 5.91 Å². The first-order chi connectivity index (χ1) is 17.2. The molecule has 2 amide bonds. The smallest absolute Gasteiger partial charge is 0.349 e. The van der Waals surface area contributed by atoms with E-state index in [0.717, 1.165) is 38.5 Å². The first-order valence-corrected chi connectivity index (χ1v) is 12.8. The molecule has 2 aliphatic carbocycles. The molecule has 1 aromatic carbocycles. The molecule has 0 aromatic heterocycles. The van der Waals surface area contributed by atoms with Crippen LogP contribution in [0.2, 0.25) is 0 Å². The first-order valence-electron chi connectivity index (χ1n) is 12.8. The fraction of sp³-hybridized carbons (Fsp3) is 0.692. The molecule has 0 saturated heterocycles. The molecule has 0 spiro atoms. The Balaban J connectivity index is 1.45. The summed E-state index contributed by atoms with van der Waals surface area (Å²) in [5, 5.41) is 5.80. The van der Waals surface area contributed by atoms with Crippen LogP contribution in [0.3, 0.4) is 0 Å². The lowest BCUT2D eigenvalue weighted by molar-refractivity contribution is -0.143. The van der Waals surface area contributed by atoms with Gasteiger partial charge < -0.3 is 15.5 Å². The molecular formula is C26H35F6N3O2. The number of hydrogen-bond acceptors (Lipinski definition) is 3. The Kier molecular flexibility index (Phi) is 9.52. The number of nitrogens with one attached hydrogen (secondary N) is 2. The fourth-order valence-corrected chi connectivity index (χ4v) is 5.21. The van der Waals surface area contributed by atoms with Crippen LogP contribution in [-0.4, -0.2) is 48.9 Å². The first kappa shape index (κ1) is 29.3. The van der Waals surface area contributed by atoms with Crippen LogP contribution < -0.4 is 10.6 Å². The summed E-state index contributed by atoms with van der Waals surface area (Å²) in [5.41, 5.74) is -3.69. The van der Waals surface area contributed by atoms with Crippen molar-refractivity contribution in [2.75, 3.05) is 20.1 Å². The van der Waals surface area contributed by atoms with Gasteiger partial charge in [0.15, 0.2) is 0 Å². The molecule has 5 nitrogen and oxygen atoms in total. The molecular weight excluding hydrogens is 500 g/mol. The molecule has 0 bridgehead atoms. The number of likely N-dealkylation sites (N-methyl/N-ethyl adjacent to an activating group) is 1. The highest BCUT2D eigenvalue weighted by molar-refractivity contribution is 5.94. The summed E-state index contributed by atoms with van der Waals surface area (Å²) in [4.78, 5) is 26.9. The minimum absolute atomic E-state index is 0.00706. The van der Waals surface area contributed by atoms with Crippen molar-refractivity contribution >= 4 is 11.8 Å². The Bertz CT molecular complexity index is 901. The summed E-state index contributed by atoms with van der Waals surface area (Å²) < 4.78 is 78.5. The SMILES string of the molecule is CC1CCC(N(C)C(=O)CNC[C@H]2CC[C@H](NC(=O)c3cc(C(F)(F)F)cc(C(F)(F)F)c3)CC2)CC1. The summed E-state index contributed by atoms with van der Waals surface area (Å²) in [7, 11) is 1.85. The molecule has 3 rings (SSSR count). The Morgan fingerprint density at radius 2 is 1.41 bits per heavy atom. The van der Waals surface area contributed by atoms with Crippen molar-refractivity contribution in [2.24, 2.45) is 11.8 Å². The third-order valence-corrected chi connectivity index (χ3v) is 7.67. The van der Waals surface area contributed by atoms with Crippen LogP contribution in [0, 0.1) is 11.8 Å². The van der Waals surface area contributed by atoms with E-state index >= 15 is 0 Å². The summed E-state index contributed by atoms with van der Waals surface area (Å²) in [6.07, 6.45) is -3.15. The molecule has 37 heavy (non-hydrogen) atoms. The molecule has 0 radical (unpaired) electrons. The lowest BCUT2D eigenvalue weighted by Crippen LogP contribution is -2.44. The summed E-state index contributed by atoms with van der Waals surface area (Å²) in [6, 6.07) is 0.847. The van der Waals surface area contributed by atoms with Crippen LogP contribution in [0.15, 0.2) is 18.2 Å². The van der Waals surface area contributed by atoms with E-state index in [1.807, 2.05) is 11.9 Å². The normalized spacial score (nSPS) is 25.0. The predicted molar refractivity (Wildman–Crippen MR) is 127 cm³/mol. The number of hydrogen-bond donors (Lipinski definition) is 2. The largest absolute Gasteiger partial charge is 0.416 e. The number of nitrogens with zero attached hydrogens (tertiary/aromatic N) is 1. The molecule has 0 heterocycles. The van der Waals surface area contributed by atoms with Gasteiger partial charge in [-0.1, -0.05) is 6.92 Å². The highest BCUT2D eigenvalue weighted by Gasteiger charge is 2.37. The molecule has 208 valence electrons. The zero-order valence-electron chi connectivity index (χ0n) is 21.1. The second-order valence-corrected chi connectivity index (χ2v) is 10.5. The maximum atomic E-state index is 13.1. The number of halogens is 6. The van der Waals surface area contributed by atoms with Crippen molar-refractivity contribution < 1.29 is 35.9 Å². The van der Waals surface area contributed by atoms with Gasteiger partial charge in [0.2, 0.25) is 5.91 Å². The van der Waals surface area contributed by atoms with Crippen LogP contribution in [-0.2, 0) is 17.1 Å². The van der Waals surface area contributed by atoms with E-state index in [9.17, 15) is 35.9 Å². The van der Waals surface area contributed by atoms with E-state index in [1.54, 1.807) is 0 Å². The van der Waals surface area contributed by atoms with E-state index in [-0.39, 0.29) is 36.5 Å². The van der Waals surface area contributed by atoms with Crippen LogP contribution in [0.4, 0.5) is 26.3 Å². The molecule has 2 aliphatic rings. The van der Waals surface area contributed by atoms with E-state index < -0.39 is 35.0 Å². The Morgan fingerprint density at radius 1 is 0.865 bits per heavy atom. The number of amides is 2. The summed E-state index contributed by atoms with van der Waals surface area (Å²) in [5.74, 6) is 0.0797. The third kappa shape index (κ3) is 8.35. The van der Waals surface area contributed by atoms with Gasteiger partial charge in [0.05, 0.1) is 17.7 Å². The fourth-order valence-electron chi connectivity index (χ4n) is 5.21. The highest BCUT2D eigenvalue weighted by Crippen LogP contribution is 2.36. The molecule has 0 aliphatic heterocycles. The lowest BCUT2D eigenvalue weighted by Gasteiger charge is -2.34. The number of carbonyl (C=O) groups excluding carboxylic acids is 2. The molecule has 2 fully saturated rings. The van der Waals surface area contributed by atoms with Gasteiger partial charge in [0.1, 0.15) is 0 Å². The minimum Gasteiger partial charge on any atom is -0.349 e. The van der Waals surface area contributed by atoms with E-state index in [1.165, 1.54) is 0 Å². The van der Waals surface area contributed by atoms with Gasteiger partial charge in [-0.3, -0.25) is 9.59 Å². The predicted octanol–water partition coefficient (Wildman–Crippen LogP) is 5.64. The van der Waals surface area contributed by atoms with Gasteiger partial charge >= 0.3 is 12.4 Å². The minimum atomic E-state index is -5.01. The average Bonchev–Trinajstić information content (AvgIpc) is 2.83. The van der Waals surface area contributed by atoms with Crippen LogP contribution in [0.25, 0.3) is 0 Å². The second kappa shape index (κ2) is 12.0. The maximum absolute atomic E-state index is 13.1. The summed E-state index contributed by atoms with van der Waals surface area (Å²) in [6.45, 7) is 3.11. The van der Waals surface area contributed by atoms with Gasteiger partial charge in [0, 0.05) is 24.7 Å². The van der Waals surface area contributed by atoms with Crippen LogP contribution in [0.1, 0.15) is 79.8 Å². The molecule has 11 heteroatoms. The lowest BCUT2D eigenvalue weighted by atomic mass is 9.85. The van der Waals surface area contributed by atoms with Gasteiger partial charge in [-0.05, 0) is 87.9 Å². The second-order valence-electron chi connectivity index (χ2n) is 10.5. The Hall–Kier alpha value is -2.30. The van der Waals surface area contributed by atoms with E-state index in [2.05, 4.69) is 17.6 Å². The van der Waals surface area contributed by atoms with E-state index in [4.69, 9.17) is 0 Å². The molecule has 0 atom stereocenters. The molecule has 1 aromatic rings. The van der Waals surface area contributed by atoms with E-state index in [0.29, 0.717) is 37.4 Å². The highest BCUT2D eigenvalue weighted by atomic mass is 19.4. The topological polar surface area (TPSA) is 61.4 Å². The zero-order valence-corrected chi connectivity index (χ0v) is 21.1. The Morgan fingerprint density at radius 3 is 1.92 bits per heavy atom. The number of carbonyl (C=O) groups is 2. The molecule has 2 saturated carbocycles. The van der Waals surface area contributed by atoms with Gasteiger partial charge in [-0.15, -0.1) is 0 Å².